The van der Waals surface area contributed by atoms with Crippen LogP contribution >= 0.6 is 23.2 Å². The number of carbonyl (C=O) groups excluding carboxylic acids is 3. The van der Waals surface area contributed by atoms with Crippen LogP contribution in [0.15, 0.2) is 47.4 Å². The molecule has 0 spiro atoms. The molecule has 3 rings (SSSR count). The van der Waals surface area contributed by atoms with Gasteiger partial charge in [0.1, 0.15) is 17.5 Å². The van der Waals surface area contributed by atoms with E-state index in [9.17, 15) is 22.8 Å². The molecule has 8 nitrogen and oxygen atoms in total. The molecule has 0 saturated heterocycles. The van der Waals surface area contributed by atoms with Gasteiger partial charge in [-0.2, -0.15) is 0 Å². The Balaban J connectivity index is 1.94. The number of nitrogens with one attached hydrogen (secondary N) is 1. The van der Waals surface area contributed by atoms with E-state index in [2.05, 4.69) is 5.32 Å². The molecule has 1 heterocycles. The fourth-order valence-corrected chi connectivity index (χ4v) is 5.39. The van der Waals surface area contributed by atoms with Crippen LogP contribution in [0.1, 0.15) is 29.8 Å². The van der Waals surface area contributed by atoms with Crippen molar-refractivity contribution in [1.82, 2.24) is 14.5 Å². The van der Waals surface area contributed by atoms with E-state index in [4.69, 9.17) is 23.2 Å². The molecule has 0 bridgehead atoms. The SMILES string of the molecule is CCNC(=O)[C@H](C)N(Cc1c(Cl)cccc1Cl)C(=O)CN1C(=O)c2ccccc2S1(=O)=O. The molecule has 1 atom stereocenters. The van der Waals surface area contributed by atoms with E-state index >= 15 is 0 Å². The van der Waals surface area contributed by atoms with Crippen LogP contribution in [0.2, 0.25) is 10.0 Å². The summed E-state index contributed by atoms with van der Waals surface area (Å²) >= 11 is 12.5. The van der Waals surface area contributed by atoms with Gasteiger partial charge in [-0.1, -0.05) is 41.4 Å². The third-order valence-electron chi connectivity index (χ3n) is 5.10. The van der Waals surface area contributed by atoms with Crippen molar-refractivity contribution in [3.05, 3.63) is 63.6 Å². The number of fused-ring (bicyclic) bond motifs is 1. The molecule has 0 unspecified atom stereocenters. The van der Waals surface area contributed by atoms with Gasteiger partial charge in [0.05, 0.1) is 5.56 Å². The number of likely N-dealkylation sites (N-methyl/N-ethyl adjacent to an activating group) is 1. The number of halogens is 2. The van der Waals surface area contributed by atoms with Crippen LogP contribution in [-0.4, -0.2) is 54.5 Å². The van der Waals surface area contributed by atoms with Gasteiger partial charge < -0.3 is 10.2 Å². The van der Waals surface area contributed by atoms with E-state index in [1.165, 1.54) is 25.1 Å². The first-order chi connectivity index (χ1) is 15.1. The first-order valence-corrected chi connectivity index (χ1v) is 11.9. The standard InChI is InChI=1S/C21H21Cl2N3O5S/c1-3-24-20(28)13(2)25(11-15-16(22)8-6-9-17(15)23)19(27)12-26-21(29)14-7-4-5-10-18(14)32(26,30)31/h4-10,13H,3,11-12H2,1-2H3,(H,24,28)/t13-/m0/s1. The van der Waals surface area contributed by atoms with E-state index in [0.717, 1.165) is 4.90 Å². The quantitative estimate of drug-likeness (QED) is 0.633. The molecule has 0 radical (unpaired) electrons. The number of rotatable bonds is 7. The monoisotopic (exact) mass is 497 g/mol. The van der Waals surface area contributed by atoms with Gasteiger partial charge in [0.25, 0.3) is 15.9 Å². The topological polar surface area (TPSA) is 104 Å². The highest BCUT2D eigenvalue weighted by molar-refractivity contribution is 7.90. The van der Waals surface area contributed by atoms with Crippen molar-refractivity contribution in [2.45, 2.75) is 31.3 Å². The Kier molecular flexibility index (Phi) is 7.12. The summed E-state index contributed by atoms with van der Waals surface area (Å²) in [6.07, 6.45) is 0. The molecular weight excluding hydrogens is 477 g/mol. The number of hydrogen-bond acceptors (Lipinski definition) is 5. The lowest BCUT2D eigenvalue weighted by Crippen LogP contribution is -2.51. The first kappa shape index (κ1) is 24.0. The zero-order valence-corrected chi connectivity index (χ0v) is 19.7. The molecule has 32 heavy (non-hydrogen) atoms. The number of nitrogens with zero attached hydrogens (tertiary/aromatic N) is 2. The average Bonchev–Trinajstić information content (AvgIpc) is 2.94. The minimum absolute atomic E-state index is 0.00206. The second-order valence-electron chi connectivity index (χ2n) is 7.11. The molecule has 0 aromatic heterocycles. The maximum Gasteiger partial charge on any atom is 0.269 e. The van der Waals surface area contributed by atoms with Crippen LogP contribution in [0, 0.1) is 0 Å². The summed E-state index contributed by atoms with van der Waals surface area (Å²) in [5.41, 5.74) is 0.400. The molecule has 11 heteroatoms. The first-order valence-electron chi connectivity index (χ1n) is 9.75. The Bertz CT molecular complexity index is 1170. The maximum atomic E-state index is 13.3. The lowest BCUT2D eigenvalue weighted by atomic mass is 10.1. The summed E-state index contributed by atoms with van der Waals surface area (Å²) in [5.74, 6) is -1.98. The van der Waals surface area contributed by atoms with Crippen molar-refractivity contribution in [2.24, 2.45) is 0 Å². The molecule has 1 aliphatic rings. The summed E-state index contributed by atoms with van der Waals surface area (Å²) in [7, 11) is -4.19. The average molecular weight is 498 g/mol. The van der Waals surface area contributed by atoms with Gasteiger partial charge in [-0.15, -0.1) is 0 Å². The van der Waals surface area contributed by atoms with Crippen molar-refractivity contribution in [1.29, 1.82) is 0 Å². The number of sulfonamides is 1. The van der Waals surface area contributed by atoms with Crippen LogP contribution in [0.5, 0.6) is 0 Å². The van der Waals surface area contributed by atoms with Gasteiger partial charge in [0, 0.05) is 28.7 Å². The second-order valence-corrected chi connectivity index (χ2v) is 9.75. The van der Waals surface area contributed by atoms with Crippen LogP contribution in [0.25, 0.3) is 0 Å². The molecule has 0 saturated carbocycles. The normalized spacial score (nSPS) is 15.2. The number of amides is 3. The van der Waals surface area contributed by atoms with Crippen LogP contribution in [0.3, 0.4) is 0 Å². The second kappa shape index (κ2) is 9.48. The summed E-state index contributed by atoms with van der Waals surface area (Å²) in [6, 6.07) is 9.58. The molecular formula is C21H21Cl2N3O5S. The molecule has 2 aromatic carbocycles. The summed E-state index contributed by atoms with van der Waals surface area (Å²) in [6.45, 7) is 2.66. The van der Waals surface area contributed by atoms with Crippen molar-refractivity contribution in [3.8, 4) is 0 Å². The van der Waals surface area contributed by atoms with E-state index in [1.54, 1.807) is 31.2 Å². The van der Waals surface area contributed by atoms with Gasteiger partial charge >= 0.3 is 0 Å². The van der Waals surface area contributed by atoms with Crippen LogP contribution in [0.4, 0.5) is 0 Å². The van der Waals surface area contributed by atoms with E-state index < -0.39 is 40.3 Å². The highest BCUT2D eigenvalue weighted by Gasteiger charge is 2.43. The van der Waals surface area contributed by atoms with Crippen LogP contribution < -0.4 is 5.32 Å². The molecule has 2 aromatic rings. The number of hydrogen-bond donors (Lipinski definition) is 1. The molecule has 0 fully saturated rings. The fourth-order valence-electron chi connectivity index (χ4n) is 3.36. The molecule has 3 amide bonds. The van der Waals surface area contributed by atoms with Gasteiger partial charge in [0.15, 0.2) is 0 Å². The Morgan fingerprint density at radius 3 is 2.31 bits per heavy atom. The molecule has 170 valence electrons. The van der Waals surface area contributed by atoms with Gasteiger partial charge in [-0.25, -0.2) is 12.7 Å². The summed E-state index contributed by atoms with van der Waals surface area (Å²) < 4.78 is 26.2. The van der Waals surface area contributed by atoms with Crippen molar-refractivity contribution < 1.29 is 22.8 Å². The lowest BCUT2D eigenvalue weighted by Gasteiger charge is -2.30. The zero-order valence-electron chi connectivity index (χ0n) is 17.3. The van der Waals surface area contributed by atoms with E-state index in [-0.39, 0.29) is 27.0 Å². The van der Waals surface area contributed by atoms with Crippen molar-refractivity contribution >= 4 is 50.9 Å². The zero-order chi connectivity index (χ0) is 23.6. The summed E-state index contributed by atoms with van der Waals surface area (Å²) in [5, 5.41) is 3.21. The van der Waals surface area contributed by atoms with E-state index in [0.29, 0.717) is 16.4 Å². The Labute approximate surface area is 196 Å². The third kappa shape index (κ3) is 4.46. The van der Waals surface area contributed by atoms with Crippen molar-refractivity contribution in [3.63, 3.8) is 0 Å². The van der Waals surface area contributed by atoms with Gasteiger partial charge in [0.2, 0.25) is 11.8 Å². The van der Waals surface area contributed by atoms with Crippen LogP contribution in [-0.2, 0) is 26.2 Å². The predicted octanol–water partition coefficient (Wildman–Crippen LogP) is 2.69. The highest BCUT2D eigenvalue weighted by Crippen LogP contribution is 2.31. The third-order valence-corrected chi connectivity index (χ3v) is 7.59. The lowest BCUT2D eigenvalue weighted by molar-refractivity contribution is -0.140. The van der Waals surface area contributed by atoms with Gasteiger partial charge in [-0.3, -0.25) is 14.4 Å². The Morgan fingerprint density at radius 1 is 1.09 bits per heavy atom. The fraction of sp³-hybridized carbons (Fsp3) is 0.286. The number of carbonyl (C=O) groups is 3. The predicted molar refractivity (Wildman–Crippen MR) is 120 cm³/mol. The minimum Gasteiger partial charge on any atom is -0.355 e. The summed E-state index contributed by atoms with van der Waals surface area (Å²) in [4.78, 5) is 39.4. The molecule has 1 N–H and O–H groups in total. The Hall–Kier alpha value is -2.62. The number of benzene rings is 2. The largest absolute Gasteiger partial charge is 0.355 e. The maximum absolute atomic E-state index is 13.3. The van der Waals surface area contributed by atoms with E-state index in [1.807, 2.05) is 0 Å². The molecule has 1 aliphatic heterocycles. The minimum atomic E-state index is -4.19. The molecule has 0 aliphatic carbocycles. The van der Waals surface area contributed by atoms with Gasteiger partial charge in [-0.05, 0) is 38.1 Å². The smallest absolute Gasteiger partial charge is 0.269 e. The van der Waals surface area contributed by atoms with Crippen molar-refractivity contribution in [2.75, 3.05) is 13.1 Å². The highest BCUT2D eigenvalue weighted by atomic mass is 35.5. The Morgan fingerprint density at radius 2 is 1.72 bits per heavy atom.